The summed E-state index contributed by atoms with van der Waals surface area (Å²) in [5.41, 5.74) is 2.27. The molecule has 0 spiro atoms. The Balaban J connectivity index is 2.33. The minimum Gasteiger partial charge on any atom is -0.378 e. The Hall–Kier alpha value is -0.940. The zero-order valence-corrected chi connectivity index (χ0v) is 10.6. The predicted molar refractivity (Wildman–Crippen MR) is 66.6 cm³/mol. The first kappa shape index (κ1) is 11.5. The van der Waals surface area contributed by atoms with E-state index in [0.717, 1.165) is 44.2 Å². The highest BCUT2D eigenvalue weighted by atomic mass is 32.1. The molecule has 0 atom stereocenters. The fourth-order valence-electron chi connectivity index (χ4n) is 1.84. The van der Waals surface area contributed by atoms with Crippen LogP contribution in [-0.4, -0.2) is 36.3 Å². The first-order chi connectivity index (χ1) is 7.72. The monoisotopic (exact) mass is 239 g/mol. The molecule has 1 fully saturated rings. The van der Waals surface area contributed by atoms with E-state index in [-0.39, 0.29) is 0 Å². The van der Waals surface area contributed by atoms with E-state index in [4.69, 9.17) is 17.0 Å². The van der Waals surface area contributed by atoms with Crippen molar-refractivity contribution in [3.05, 3.63) is 15.9 Å². The van der Waals surface area contributed by atoms with E-state index in [9.17, 15) is 0 Å². The first-order valence-electron chi connectivity index (χ1n) is 5.65. The highest BCUT2D eigenvalue weighted by molar-refractivity contribution is 7.71. The number of ether oxygens (including phenoxy) is 1. The second-order valence-electron chi connectivity index (χ2n) is 3.92. The van der Waals surface area contributed by atoms with Crippen molar-refractivity contribution >= 4 is 18.2 Å². The first-order valence-corrected chi connectivity index (χ1v) is 6.05. The highest BCUT2D eigenvalue weighted by Gasteiger charge is 2.14. The molecule has 1 aliphatic rings. The molecular formula is C11H17N3OS. The van der Waals surface area contributed by atoms with E-state index in [0.29, 0.717) is 4.64 Å². The molecule has 88 valence electrons. The molecule has 1 aromatic rings. The Morgan fingerprint density at radius 2 is 2.12 bits per heavy atom. The van der Waals surface area contributed by atoms with Gasteiger partial charge in [0.25, 0.3) is 0 Å². The normalized spacial score (nSPS) is 16.5. The fraction of sp³-hybridized carbons (Fsp3) is 0.636. The Bertz CT molecular complexity index is 424. The Labute approximate surface area is 101 Å². The number of aromatic amines is 1. The molecular weight excluding hydrogens is 222 g/mol. The lowest BCUT2D eigenvalue weighted by Gasteiger charge is -2.27. The van der Waals surface area contributed by atoms with Crippen molar-refractivity contribution in [2.45, 2.75) is 20.3 Å². The molecule has 16 heavy (non-hydrogen) atoms. The summed E-state index contributed by atoms with van der Waals surface area (Å²) in [6, 6.07) is 0. The molecule has 5 heteroatoms. The number of rotatable bonds is 2. The topological polar surface area (TPSA) is 41.2 Å². The molecule has 4 nitrogen and oxygen atoms in total. The average molecular weight is 239 g/mol. The number of anilines is 1. The molecule has 1 saturated heterocycles. The van der Waals surface area contributed by atoms with Crippen LogP contribution in [0.5, 0.6) is 0 Å². The summed E-state index contributed by atoms with van der Waals surface area (Å²) in [5.74, 6) is 0.885. The molecule has 1 N–H and O–H groups in total. The molecule has 2 heterocycles. The molecule has 0 aliphatic carbocycles. The summed E-state index contributed by atoms with van der Waals surface area (Å²) in [6.45, 7) is 7.43. The third-order valence-electron chi connectivity index (χ3n) is 2.91. The molecule has 0 amide bonds. The lowest BCUT2D eigenvalue weighted by Crippen LogP contribution is -2.37. The largest absolute Gasteiger partial charge is 0.378 e. The summed E-state index contributed by atoms with van der Waals surface area (Å²) in [6.07, 6.45) is 0.954. The smallest absolute Gasteiger partial charge is 0.204 e. The van der Waals surface area contributed by atoms with Crippen LogP contribution in [-0.2, 0) is 11.2 Å². The SMILES string of the molecule is CCc1[nH]c(N2CCOCC2)nc(=S)c1C. The van der Waals surface area contributed by atoms with Crippen LogP contribution in [0.15, 0.2) is 0 Å². The molecule has 0 radical (unpaired) electrons. The maximum absolute atomic E-state index is 5.32. The number of hydrogen-bond acceptors (Lipinski definition) is 4. The summed E-state index contributed by atoms with van der Waals surface area (Å²) in [7, 11) is 0. The second kappa shape index (κ2) is 4.93. The van der Waals surface area contributed by atoms with E-state index < -0.39 is 0 Å². The van der Waals surface area contributed by atoms with Gasteiger partial charge in [0.1, 0.15) is 4.64 Å². The van der Waals surface area contributed by atoms with E-state index in [2.05, 4.69) is 21.8 Å². The standard InChI is InChI=1S/C11H17N3OS/c1-3-9-8(2)10(16)13-11(12-9)14-4-6-15-7-5-14/h3-7H2,1-2H3,(H,12,13,16). The van der Waals surface area contributed by atoms with Crippen LogP contribution in [0.3, 0.4) is 0 Å². The molecule has 2 rings (SSSR count). The highest BCUT2D eigenvalue weighted by Crippen LogP contribution is 2.14. The number of aromatic nitrogens is 2. The second-order valence-corrected chi connectivity index (χ2v) is 4.31. The van der Waals surface area contributed by atoms with Gasteiger partial charge < -0.3 is 14.6 Å². The van der Waals surface area contributed by atoms with Crippen LogP contribution in [0.2, 0.25) is 0 Å². The van der Waals surface area contributed by atoms with Gasteiger partial charge in [-0.15, -0.1) is 0 Å². The van der Waals surface area contributed by atoms with Gasteiger partial charge in [0.05, 0.1) is 13.2 Å². The van der Waals surface area contributed by atoms with Gasteiger partial charge in [0.2, 0.25) is 5.95 Å². The van der Waals surface area contributed by atoms with Gasteiger partial charge in [-0.25, -0.2) is 4.98 Å². The van der Waals surface area contributed by atoms with E-state index >= 15 is 0 Å². The van der Waals surface area contributed by atoms with E-state index in [1.54, 1.807) is 0 Å². The van der Waals surface area contributed by atoms with Gasteiger partial charge in [-0.1, -0.05) is 19.1 Å². The number of nitrogens with zero attached hydrogens (tertiary/aromatic N) is 2. The lowest BCUT2D eigenvalue weighted by molar-refractivity contribution is 0.122. The fourth-order valence-corrected chi connectivity index (χ4v) is 2.05. The van der Waals surface area contributed by atoms with Crippen molar-refractivity contribution < 1.29 is 4.74 Å². The number of morpholine rings is 1. The van der Waals surface area contributed by atoms with Crippen molar-refractivity contribution in [2.24, 2.45) is 0 Å². The number of nitrogens with one attached hydrogen (secondary N) is 1. The van der Waals surface area contributed by atoms with Gasteiger partial charge in [-0.05, 0) is 13.3 Å². The minimum absolute atomic E-state index is 0.706. The van der Waals surface area contributed by atoms with Gasteiger partial charge in [0.15, 0.2) is 0 Å². The molecule has 0 unspecified atom stereocenters. The van der Waals surface area contributed by atoms with Crippen molar-refractivity contribution in [1.82, 2.24) is 9.97 Å². The Morgan fingerprint density at radius 3 is 2.75 bits per heavy atom. The van der Waals surface area contributed by atoms with E-state index in [1.165, 1.54) is 5.69 Å². The zero-order valence-electron chi connectivity index (χ0n) is 9.75. The summed E-state index contributed by atoms with van der Waals surface area (Å²) in [5, 5.41) is 0. The van der Waals surface area contributed by atoms with Crippen LogP contribution >= 0.6 is 12.2 Å². The number of aryl methyl sites for hydroxylation is 1. The average Bonchev–Trinajstić information content (AvgIpc) is 2.33. The summed E-state index contributed by atoms with van der Waals surface area (Å²) < 4.78 is 6.03. The molecule has 1 aromatic heterocycles. The lowest BCUT2D eigenvalue weighted by atomic mass is 10.2. The van der Waals surface area contributed by atoms with E-state index in [1.807, 2.05) is 6.92 Å². The van der Waals surface area contributed by atoms with Crippen molar-refractivity contribution in [3.8, 4) is 0 Å². The van der Waals surface area contributed by atoms with Crippen molar-refractivity contribution in [3.63, 3.8) is 0 Å². The maximum Gasteiger partial charge on any atom is 0.204 e. The van der Waals surface area contributed by atoms with Gasteiger partial charge in [0, 0.05) is 24.3 Å². The summed E-state index contributed by atoms with van der Waals surface area (Å²) in [4.78, 5) is 9.99. The zero-order chi connectivity index (χ0) is 11.5. The van der Waals surface area contributed by atoms with Crippen LogP contribution in [0.4, 0.5) is 5.95 Å². The molecule has 0 saturated carbocycles. The van der Waals surface area contributed by atoms with Gasteiger partial charge in [-0.2, -0.15) is 0 Å². The third-order valence-corrected chi connectivity index (χ3v) is 3.31. The van der Waals surface area contributed by atoms with Gasteiger partial charge >= 0.3 is 0 Å². The van der Waals surface area contributed by atoms with Crippen molar-refractivity contribution in [1.29, 1.82) is 0 Å². The van der Waals surface area contributed by atoms with Crippen LogP contribution in [0.25, 0.3) is 0 Å². The predicted octanol–water partition coefficient (Wildman–Crippen LogP) is 1.85. The van der Waals surface area contributed by atoms with Crippen LogP contribution in [0, 0.1) is 11.6 Å². The Kier molecular flexibility index (Phi) is 3.56. The quantitative estimate of drug-likeness (QED) is 0.800. The minimum atomic E-state index is 0.706. The Morgan fingerprint density at radius 1 is 1.44 bits per heavy atom. The molecule has 1 aliphatic heterocycles. The maximum atomic E-state index is 5.32. The van der Waals surface area contributed by atoms with Crippen LogP contribution < -0.4 is 4.90 Å². The number of hydrogen-bond donors (Lipinski definition) is 1. The van der Waals surface area contributed by atoms with Crippen LogP contribution in [0.1, 0.15) is 18.2 Å². The molecule has 0 aromatic carbocycles. The summed E-state index contributed by atoms with van der Waals surface area (Å²) >= 11 is 5.27. The molecule has 0 bridgehead atoms. The van der Waals surface area contributed by atoms with Crippen molar-refractivity contribution in [2.75, 3.05) is 31.2 Å². The van der Waals surface area contributed by atoms with Gasteiger partial charge in [-0.3, -0.25) is 0 Å². The third kappa shape index (κ3) is 2.25. The number of H-pyrrole nitrogens is 1.